The van der Waals surface area contributed by atoms with Gasteiger partial charge in [0.2, 0.25) is 0 Å². The summed E-state index contributed by atoms with van der Waals surface area (Å²) in [6.07, 6.45) is 1.85. The fourth-order valence-electron chi connectivity index (χ4n) is 1.96. The number of benzene rings is 1. The van der Waals surface area contributed by atoms with Crippen molar-refractivity contribution in [3.63, 3.8) is 0 Å². The Labute approximate surface area is 115 Å². The molecule has 1 aromatic carbocycles. The lowest BCUT2D eigenvalue weighted by Crippen LogP contribution is -2.46. The molecule has 2 N–H and O–H groups in total. The Morgan fingerprint density at radius 2 is 1.84 bits per heavy atom. The van der Waals surface area contributed by atoms with Crippen molar-refractivity contribution >= 4 is 31.7 Å². The van der Waals surface area contributed by atoms with E-state index in [1.165, 1.54) is 0 Å². The van der Waals surface area contributed by atoms with Gasteiger partial charge in [-0.25, -0.2) is 0 Å². The van der Waals surface area contributed by atoms with Gasteiger partial charge in [-0.1, -0.05) is 32.9 Å². The molecular formula is C13H21BN2O2Si. The van der Waals surface area contributed by atoms with Crippen LogP contribution in [0.15, 0.2) is 24.4 Å². The molecule has 4 nitrogen and oxygen atoms in total. The lowest BCUT2D eigenvalue weighted by Gasteiger charge is -2.37. The van der Waals surface area contributed by atoms with Crippen LogP contribution in [0, 0.1) is 0 Å². The first-order chi connectivity index (χ1) is 8.64. The van der Waals surface area contributed by atoms with E-state index < -0.39 is 15.4 Å². The van der Waals surface area contributed by atoms with Crippen LogP contribution in [0.25, 0.3) is 10.9 Å². The summed E-state index contributed by atoms with van der Waals surface area (Å²) < 4.78 is 2.11. The van der Waals surface area contributed by atoms with Gasteiger partial charge in [-0.15, -0.1) is 0 Å². The van der Waals surface area contributed by atoms with Crippen LogP contribution in [-0.2, 0) is 0 Å². The molecule has 0 saturated carbocycles. The standard InChI is InChI=1S/C13H21BN2O2Si/c1-13(2,3)19(4,5)16-12-8-11(14(17)18)7-6-10(12)9-15-16/h6-9,17-18H,1-5H3. The van der Waals surface area contributed by atoms with E-state index in [0.717, 1.165) is 10.9 Å². The molecule has 0 radical (unpaired) electrons. The van der Waals surface area contributed by atoms with Gasteiger partial charge in [0.15, 0.2) is 8.24 Å². The number of aromatic nitrogens is 2. The van der Waals surface area contributed by atoms with Gasteiger partial charge in [-0.05, 0) is 29.7 Å². The van der Waals surface area contributed by atoms with Crippen LogP contribution in [-0.4, -0.2) is 34.8 Å². The van der Waals surface area contributed by atoms with Crippen LogP contribution < -0.4 is 5.46 Å². The maximum atomic E-state index is 9.31. The monoisotopic (exact) mass is 276 g/mol. The van der Waals surface area contributed by atoms with Crippen molar-refractivity contribution in [3.05, 3.63) is 24.4 Å². The molecule has 0 amide bonds. The molecule has 0 bridgehead atoms. The van der Waals surface area contributed by atoms with Crippen LogP contribution in [0.5, 0.6) is 0 Å². The van der Waals surface area contributed by atoms with E-state index in [2.05, 4.69) is 43.3 Å². The summed E-state index contributed by atoms with van der Waals surface area (Å²) in [5, 5.41) is 24.4. The lowest BCUT2D eigenvalue weighted by atomic mass is 9.80. The maximum Gasteiger partial charge on any atom is 0.488 e. The summed E-state index contributed by atoms with van der Waals surface area (Å²) in [5.74, 6) is 0. The van der Waals surface area contributed by atoms with Crippen LogP contribution in [0.4, 0.5) is 0 Å². The highest BCUT2D eigenvalue weighted by Gasteiger charge is 2.39. The molecule has 0 saturated heterocycles. The van der Waals surface area contributed by atoms with Crippen molar-refractivity contribution in [2.45, 2.75) is 38.9 Å². The average Bonchev–Trinajstić information content (AvgIpc) is 2.70. The third-order valence-corrected chi connectivity index (χ3v) is 9.34. The van der Waals surface area contributed by atoms with E-state index in [0.29, 0.717) is 5.46 Å². The Bertz CT molecular complexity index is 602. The number of hydrogen-bond acceptors (Lipinski definition) is 3. The number of nitrogens with zero attached hydrogens (tertiary/aromatic N) is 2. The molecule has 2 aromatic rings. The predicted molar refractivity (Wildman–Crippen MR) is 82.2 cm³/mol. The predicted octanol–water partition coefficient (Wildman–Crippen LogP) is 1.57. The molecule has 102 valence electrons. The second kappa shape index (κ2) is 4.47. The first kappa shape index (κ1) is 14.3. The Morgan fingerprint density at radius 3 is 2.37 bits per heavy atom. The normalized spacial score (nSPS) is 13.0. The zero-order valence-corrected chi connectivity index (χ0v) is 13.2. The molecule has 19 heavy (non-hydrogen) atoms. The highest BCUT2D eigenvalue weighted by molar-refractivity contribution is 6.79. The highest BCUT2D eigenvalue weighted by Crippen LogP contribution is 2.37. The summed E-state index contributed by atoms with van der Waals surface area (Å²) in [5.41, 5.74) is 1.49. The van der Waals surface area contributed by atoms with Crippen LogP contribution in [0.1, 0.15) is 20.8 Å². The van der Waals surface area contributed by atoms with Crippen LogP contribution in [0.2, 0.25) is 18.1 Å². The summed E-state index contributed by atoms with van der Waals surface area (Å²) in [7, 11) is -3.25. The van der Waals surface area contributed by atoms with E-state index in [-0.39, 0.29) is 5.04 Å². The van der Waals surface area contributed by atoms with E-state index >= 15 is 0 Å². The molecule has 6 heteroatoms. The highest BCUT2D eigenvalue weighted by atomic mass is 28.3. The smallest absolute Gasteiger partial charge is 0.423 e. The Kier molecular flexibility index (Phi) is 3.37. The second-order valence-corrected chi connectivity index (χ2v) is 11.6. The van der Waals surface area contributed by atoms with Gasteiger partial charge in [-0.2, -0.15) is 5.10 Å². The van der Waals surface area contributed by atoms with Gasteiger partial charge in [0.1, 0.15) is 0 Å². The molecule has 0 atom stereocenters. The van der Waals surface area contributed by atoms with E-state index in [1.54, 1.807) is 6.07 Å². The zero-order valence-electron chi connectivity index (χ0n) is 12.2. The minimum absolute atomic E-state index is 0.166. The molecule has 1 heterocycles. The fourth-order valence-corrected chi connectivity index (χ4v) is 3.74. The van der Waals surface area contributed by atoms with Gasteiger partial charge in [0, 0.05) is 5.39 Å². The molecule has 0 aliphatic rings. The fraction of sp³-hybridized carbons (Fsp3) is 0.462. The van der Waals surface area contributed by atoms with Crippen LogP contribution in [0.3, 0.4) is 0 Å². The van der Waals surface area contributed by atoms with E-state index in [4.69, 9.17) is 0 Å². The SMILES string of the molecule is CC(C)(C)[Si](C)(C)n1ncc2ccc(B(O)O)cc21. The summed E-state index contributed by atoms with van der Waals surface area (Å²) in [4.78, 5) is 0. The van der Waals surface area contributed by atoms with Gasteiger partial charge >= 0.3 is 7.12 Å². The summed E-state index contributed by atoms with van der Waals surface area (Å²) in [6, 6.07) is 5.44. The van der Waals surface area contributed by atoms with Crippen molar-refractivity contribution in [3.8, 4) is 0 Å². The third kappa shape index (κ3) is 2.35. The average molecular weight is 276 g/mol. The van der Waals surface area contributed by atoms with E-state index in [1.807, 2.05) is 18.3 Å². The van der Waals surface area contributed by atoms with Crippen molar-refractivity contribution in [1.82, 2.24) is 9.45 Å². The van der Waals surface area contributed by atoms with E-state index in [9.17, 15) is 10.0 Å². The minimum Gasteiger partial charge on any atom is -0.423 e. The number of rotatable bonds is 2. The molecule has 0 unspecified atom stereocenters. The Morgan fingerprint density at radius 1 is 1.21 bits per heavy atom. The number of fused-ring (bicyclic) bond motifs is 1. The lowest BCUT2D eigenvalue weighted by molar-refractivity contribution is 0.426. The third-order valence-electron chi connectivity index (χ3n) is 4.26. The van der Waals surface area contributed by atoms with Gasteiger partial charge in [0.25, 0.3) is 0 Å². The number of hydrogen-bond donors (Lipinski definition) is 2. The maximum absolute atomic E-state index is 9.31. The van der Waals surface area contributed by atoms with Crippen molar-refractivity contribution < 1.29 is 10.0 Å². The van der Waals surface area contributed by atoms with Gasteiger partial charge < -0.3 is 10.0 Å². The van der Waals surface area contributed by atoms with Crippen molar-refractivity contribution in [1.29, 1.82) is 0 Å². The summed E-state index contributed by atoms with van der Waals surface area (Å²) in [6.45, 7) is 11.3. The topological polar surface area (TPSA) is 58.3 Å². The first-order valence-corrected chi connectivity index (χ1v) is 9.43. The molecule has 0 aliphatic heterocycles. The van der Waals surface area contributed by atoms with Crippen LogP contribution >= 0.6 is 0 Å². The molecule has 0 aliphatic carbocycles. The molecule has 0 fully saturated rings. The summed E-state index contributed by atoms with van der Waals surface area (Å²) >= 11 is 0. The second-order valence-electron chi connectivity index (χ2n) is 6.56. The molecule has 2 rings (SSSR count). The van der Waals surface area contributed by atoms with Gasteiger partial charge in [0.05, 0.1) is 11.7 Å². The molecule has 0 spiro atoms. The minimum atomic E-state index is -1.81. The first-order valence-electron chi connectivity index (χ1n) is 6.49. The van der Waals surface area contributed by atoms with Gasteiger partial charge in [-0.3, -0.25) is 4.35 Å². The quantitative estimate of drug-likeness (QED) is 0.819. The molecular weight excluding hydrogens is 255 g/mol. The molecule has 1 aromatic heterocycles. The zero-order chi connectivity index (χ0) is 14.4. The Balaban J connectivity index is 2.65. The van der Waals surface area contributed by atoms with Crippen molar-refractivity contribution in [2.75, 3.05) is 0 Å². The largest absolute Gasteiger partial charge is 0.488 e. The Hall–Kier alpha value is -1.11. The van der Waals surface area contributed by atoms with Crippen molar-refractivity contribution in [2.24, 2.45) is 0 Å².